The van der Waals surface area contributed by atoms with Crippen LogP contribution in [0.15, 0.2) is 29.4 Å². The van der Waals surface area contributed by atoms with E-state index in [-0.39, 0.29) is 18.4 Å². The predicted octanol–water partition coefficient (Wildman–Crippen LogP) is 2.90. The van der Waals surface area contributed by atoms with Crippen LogP contribution in [0, 0.1) is 11.8 Å². The van der Waals surface area contributed by atoms with E-state index in [4.69, 9.17) is 0 Å². The number of amides is 2. The van der Waals surface area contributed by atoms with Crippen molar-refractivity contribution in [2.75, 3.05) is 31.9 Å². The third-order valence-corrected chi connectivity index (χ3v) is 7.48. The maximum atomic E-state index is 12.9. The first-order chi connectivity index (χ1) is 15.5. The van der Waals surface area contributed by atoms with E-state index < -0.39 is 0 Å². The van der Waals surface area contributed by atoms with Gasteiger partial charge in [0.25, 0.3) is 0 Å². The Kier molecular flexibility index (Phi) is 5.84. The van der Waals surface area contributed by atoms with Crippen molar-refractivity contribution in [2.45, 2.75) is 44.8 Å². The molecule has 0 spiro atoms. The summed E-state index contributed by atoms with van der Waals surface area (Å²) in [7, 11) is 0. The first-order valence-electron chi connectivity index (χ1n) is 11.5. The van der Waals surface area contributed by atoms with Gasteiger partial charge in [0, 0.05) is 26.2 Å². The topological polar surface area (TPSA) is 75.7 Å². The lowest BCUT2D eigenvalue weighted by Gasteiger charge is -2.34. The number of carbonyl (C=O) groups is 2. The molecule has 0 radical (unpaired) electrons. The van der Waals surface area contributed by atoms with Gasteiger partial charge in [-0.05, 0) is 43.2 Å². The van der Waals surface area contributed by atoms with Crippen LogP contribution in [0.3, 0.4) is 0 Å². The summed E-state index contributed by atoms with van der Waals surface area (Å²) in [5, 5.41) is 9.48. The second-order valence-electron chi connectivity index (χ2n) is 9.31. The lowest BCUT2D eigenvalue weighted by atomic mass is 9.92. The molecule has 0 bridgehead atoms. The Hall–Kier alpha value is -2.55. The molecular weight excluding hydrogens is 424 g/mol. The summed E-state index contributed by atoms with van der Waals surface area (Å²) in [5.41, 5.74) is 1.91. The number of aromatic nitrogens is 4. The van der Waals surface area contributed by atoms with Gasteiger partial charge in [0.1, 0.15) is 6.54 Å². The van der Waals surface area contributed by atoms with Gasteiger partial charge in [0.05, 0.1) is 16.8 Å². The van der Waals surface area contributed by atoms with Gasteiger partial charge in [-0.15, -0.1) is 10.2 Å². The van der Waals surface area contributed by atoms with Gasteiger partial charge in [-0.1, -0.05) is 37.7 Å². The average Bonchev–Trinajstić information content (AvgIpc) is 3.50. The molecule has 170 valence electrons. The number of imidazole rings is 1. The van der Waals surface area contributed by atoms with Crippen LogP contribution in [-0.2, 0) is 16.1 Å². The standard InChI is InChI=1S/C23H30N6O2S/c1-16-11-17(2)13-27(12-16)21(31)15-32-23-25-24-22-28(14-20(30)26-9-5-6-10-26)18-7-3-4-8-19(18)29(22)23/h3-4,7-8,16-17H,5-6,9-15H2,1-2H3/t16-,17-/m0/s1. The molecule has 9 heteroatoms. The lowest BCUT2D eigenvalue weighted by molar-refractivity contribution is -0.131. The summed E-state index contributed by atoms with van der Waals surface area (Å²) in [6.07, 6.45) is 3.32. The highest BCUT2D eigenvalue weighted by Crippen LogP contribution is 2.27. The third kappa shape index (κ3) is 3.98. The fourth-order valence-electron chi connectivity index (χ4n) is 5.17. The average molecular weight is 455 g/mol. The van der Waals surface area contributed by atoms with E-state index in [1.807, 2.05) is 43.0 Å². The van der Waals surface area contributed by atoms with E-state index in [9.17, 15) is 9.59 Å². The first-order valence-corrected chi connectivity index (χ1v) is 12.5. The molecule has 5 rings (SSSR count). The second-order valence-corrected chi connectivity index (χ2v) is 10.3. The monoisotopic (exact) mass is 454 g/mol. The maximum Gasteiger partial charge on any atom is 0.242 e. The minimum absolute atomic E-state index is 0.117. The number of likely N-dealkylation sites (tertiary alicyclic amines) is 2. The number of carbonyl (C=O) groups excluding carboxylic acids is 2. The Morgan fingerprint density at radius 3 is 2.38 bits per heavy atom. The second kappa shape index (κ2) is 8.77. The van der Waals surface area contributed by atoms with E-state index in [2.05, 4.69) is 24.0 Å². The Morgan fingerprint density at radius 2 is 1.66 bits per heavy atom. The van der Waals surface area contributed by atoms with E-state index >= 15 is 0 Å². The van der Waals surface area contributed by atoms with Gasteiger partial charge in [0.2, 0.25) is 17.6 Å². The number of fused-ring (bicyclic) bond motifs is 3. The summed E-state index contributed by atoms with van der Waals surface area (Å²) < 4.78 is 3.93. The van der Waals surface area contributed by atoms with Gasteiger partial charge in [0.15, 0.2) is 5.16 Å². The molecular formula is C23H30N6O2S. The van der Waals surface area contributed by atoms with Crippen LogP contribution >= 0.6 is 11.8 Å². The van der Waals surface area contributed by atoms with Crippen LogP contribution < -0.4 is 0 Å². The molecule has 0 saturated carbocycles. The molecule has 2 amide bonds. The number of benzene rings is 1. The molecule has 4 heterocycles. The highest BCUT2D eigenvalue weighted by atomic mass is 32.2. The summed E-state index contributed by atoms with van der Waals surface area (Å²) >= 11 is 1.42. The van der Waals surface area contributed by atoms with Gasteiger partial charge in [-0.25, -0.2) is 0 Å². The lowest BCUT2D eigenvalue weighted by Crippen LogP contribution is -2.43. The molecule has 8 nitrogen and oxygen atoms in total. The van der Waals surface area contributed by atoms with Crippen molar-refractivity contribution in [1.29, 1.82) is 0 Å². The minimum Gasteiger partial charge on any atom is -0.341 e. The first kappa shape index (κ1) is 21.3. The molecule has 0 unspecified atom stereocenters. The molecule has 2 aliphatic rings. The Labute approximate surface area is 191 Å². The summed E-state index contributed by atoms with van der Waals surface area (Å²) in [4.78, 5) is 29.6. The van der Waals surface area contributed by atoms with E-state index in [0.29, 0.717) is 28.5 Å². The fraction of sp³-hybridized carbons (Fsp3) is 0.565. The number of para-hydroxylation sites is 2. The summed E-state index contributed by atoms with van der Waals surface area (Å²) in [5.74, 6) is 2.34. The van der Waals surface area contributed by atoms with Gasteiger partial charge < -0.3 is 9.80 Å². The van der Waals surface area contributed by atoms with E-state index in [1.165, 1.54) is 18.2 Å². The fourth-order valence-corrected chi connectivity index (χ4v) is 6.02. The molecule has 0 N–H and O–H groups in total. The zero-order valence-electron chi connectivity index (χ0n) is 18.7. The maximum absolute atomic E-state index is 12.9. The normalized spacial score (nSPS) is 21.7. The van der Waals surface area contributed by atoms with Crippen molar-refractivity contribution in [3.63, 3.8) is 0 Å². The van der Waals surface area contributed by atoms with Crippen LogP contribution in [0.4, 0.5) is 0 Å². The number of thioether (sulfide) groups is 1. The molecule has 1 aromatic carbocycles. The Balaban J connectivity index is 1.39. The largest absolute Gasteiger partial charge is 0.341 e. The van der Waals surface area contributed by atoms with Gasteiger partial charge in [-0.3, -0.25) is 18.6 Å². The Bertz CT molecular complexity index is 1140. The summed E-state index contributed by atoms with van der Waals surface area (Å²) in [6.45, 7) is 8.00. The van der Waals surface area contributed by atoms with E-state index in [0.717, 1.165) is 50.1 Å². The smallest absolute Gasteiger partial charge is 0.242 e. The van der Waals surface area contributed by atoms with Crippen LogP contribution in [0.25, 0.3) is 16.8 Å². The zero-order valence-corrected chi connectivity index (χ0v) is 19.6. The highest BCUT2D eigenvalue weighted by molar-refractivity contribution is 7.99. The molecule has 32 heavy (non-hydrogen) atoms. The van der Waals surface area contributed by atoms with Crippen molar-refractivity contribution >= 4 is 40.4 Å². The predicted molar refractivity (Wildman–Crippen MR) is 125 cm³/mol. The number of nitrogens with zero attached hydrogens (tertiary/aromatic N) is 6. The van der Waals surface area contributed by atoms with E-state index in [1.54, 1.807) is 0 Å². The van der Waals surface area contributed by atoms with Crippen molar-refractivity contribution < 1.29 is 9.59 Å². The molecule has 2 saturated heterocycles. The number of hydrogen-bond donors (Lipinski definition) is 0. The van der Waals surface area contributed by atoms with Crippen LogP contribution in [-0.4, -0.2) is 72.7 Å². The number of piperidine rings is 1. The summed E-state index contributed by atoms with van der Waals surface area (Å²) in [6, 6.07) is 7.98. The van der Waals surface area contributed by atoms with Crippen molar-refractivity contribution in [2.24, 2.45) is 11.8 Å². The molecule has 2 fully saturated rings. The van der Waals surface area contributed by atoms with Crippen LogP contribution in [0.2, 0.25) is 0 Å². The molecule has 2 aliphatic heterocycles. The van der Waals surface area contributed by atoms with Gasteiger partial charge in [-0.2, -0.15) is 0 Å². The molecule has 3 aromatic rings. The highest BCUT2D eigenvalue weighted by Gasteiger charge is 2.27. The number of hydrogen-bond acceptors (Lipinski definition) is 5. The van der Waals surface area contributed by atoms with Crippen molar-refractivity contribution in [1.82, 2.24) is 29.0 Å². The van der Waals surface area contributed by atoms with Crippen molar-refractivity contribution in [3.05, 3.63) is 24.3 Å². The van der Waals surface area contributed by atoms with Crippen LogP contribution in [0.5, 0.6) is 0 Å². The molecule has 2 aromatic heterocycles. The molecule has 2 atom stereocenters. The number of rotatable bonds is 5. The molecule has 0 aliphatic carbocycles. The quantitative estimate of drug-likeness (QED) is 0.554. The zero-order chi connectivity index (χ0) is 22.2. The Morgan fingerprint density at radius 1 is 0.969 bits per heavy atom. The minimum atomic E-state index is 0.117. The van der Waals surface area contributed by atoms with Crippen LogP contribution in [0.1, 0.15) is 33.1 Å². The van der Waals surface area contributed by atoms with Crippen molar-refractivity contribution in [3.8, 4) is 0 Å². The SMILES string of the molecule is C[C@H]1C[C@H](C)CN(C(=O)CSc2nnc3n(CC(=O)N4CCCC4)c4ccccc4n23)C1. The third-order valence-electron chi connectivity index (χ3n) is 6.57. The van der Waals surface area contributed by atoms with Gasteiger partial charge >= 0.3 is 0 Å².